The standard InChI is InChI=1S/C14H20ClNO3S/c1-14(18,7-8-19-2)10-16-13(17)9-20-12-6-4-3-5-11(12)15/h3-6,18H,7-10H2,1-2H3,(H,16,17). The maximum atomic E-state index is 11.7. The summed E-state index contributed by atoms with van der Waals surface area (Å²) in [4.78, 5) is 12.6. The first-order chi connectivity index (χ1) is 9.44. The van der Waals surface area contributed by atoms with E-state index in [-0.39, 0.29) is 18.2 Å². The summed E-state index contributed by atoms with van der Waals surface area (Å²) in [5.41, 5.74) is -0.958. The molecule has 0 saturated carbocycles. The fraction of sp³-hybridized carbons (Fsp3) is 0.500. The molecule has 4 nitrogen and oxygen atoms in total. The first-order valence-electron chi connectivity index (χ1n) is 6.30. The lowest BCUT2D eigenvalue weighted by Crippen LogP contribution is -2.42. The highest BCUT2D eigenvalue weighted by Crippen LogP contribution is 2.26. The van der Waals surface area contributed by atoms with E-state index in [4.69, 9.17) is 16.3 Å². The van der Waals surface area contributed by atoms with Gasteiger partial charge >= 0.3 is 0 Å². The second-order valence-electron chi connectivity index (χ2n) is 4.74. The summed E-state index contributed by atoms with van der Waals surface area (Å²) in [6.45, 7) is 2.34. The van der Waals surface area contributed by atoms with Crippen molar-refractivity contribution in [1.29, 1.82) is 0 Å². The Balaban J connectivity index is 2.32. The Morgan fingerprint density at radius 2 is 2.20 bits per heavy atom. The molecule has 0 fully saturated rings. The molecule has 2 N–H and O–H groups in total. The largest absolute Gasteiger partial charge is 0.388 e. The molecule has 0 heterocycles. The van der Waals surface area contributed by atoms with Gasteiger partial charge in [0.2, 0.25) is 5.91 Å². The molecule has 0 spiro atoms. The third-order valence-electron chi connectivity index (χ3n) is 2.71. The third kappa shape index (κ3) is 6.61. The van der Waals surface area contributed by atoms with E-state index in [9.17, 15) is 9.90 Å². The number of methoxy groups -OCH3 is 1. The quantitative estimate of drug-likeness (QED) is 0.723. The van der Waals surface area contributed by atoms with E-state index in [0.29, 0.717) is 18.1 Å². The Kier molecular flexibility index (Phi) is 7.37. The monoisotopic (exact) mass is 317 g/mol. The van der Waals surface area contributed by atoms with Crippen LogP contribution in [-0.4, -0.2) is 42.6 Å². The Morgan fingerprint density at radius 1 is 1.50 bits per heavy atom. The number of ether oxygens (including phenoxy) is 1. The minimum absolute atomic E-state index is 0.132. The molecule has 0 aliphatic heterocycles. The summed E-state index contributed by atoms with van der Waals surface area (Å²) in [5.74, 6) is 0.136. The third-order valence-corrected chi connectivity index (χ3v) is 4.22. The molecule has 1 amide bonds. The summed E-state index contributed by atoms with van der Waals surface area (Å²) >= 11 is 7.38. The number of amides is 1. The predicted molar refractivity (Wildman–Crippen MR) is 82.3 cm³/mol. The van der Waals surface area contributed by atoms with Crippen LogP contribution in [0.3, 0.4) is 0 Å². The van der Waals surface area contributed by atoms with Gasteiger partial charge in [-0.3, -0.25) is 4.79 Å². The minimum Gasteiger partial charge on any atom is -0.388 e. The van der Waals surface area contributed by atoms with Crippen LogP contribution >= 0.6 is 23.4 Å². The van der Waals surface area contributed by atoms with Gasteiger partial charge in [0.15, 0.2) is 0 Å². The van der Waals surface area contributed by atoms with E-state index >= 15 is 0 Å². The molecule has 1 aromatic carbocycles. The second-order valence-corrected chi connectivity index (χ2v) is 6.16. The molecule has 1 atom stereocenters. The van der Waals surface area contributed by atoms with Crippen molar-refractivity contribution in [3.05, 3.63) is 29.3 Å². The van der Waals surface area contributed by atoms with Crippen LogP contribution in [0.5, 0.6) is 0 Å². The van der Waals surface area contributed by atoms with Crippen LogP contribution in [0.2, 0.25) is 5.02 Å². The van der Waals surface area contributed by atoms with Crippen molar-refractivity contribution in [3.63, 3.8) is 0 Å². The Labute approximate surface area is 128 Å². The lowest BCUT2D eigenvalue weighted by atomic mass is 10.0. The van der Waals surface area contributed by atoms with Crippen molar-refractivity contribution in [1.82, 2.24) is 5.32 Å². The Bertz CT molecular complexity index is 440. The smallest absolute Gasteiger partial charge is 0.230 e. The zero-order valence-corrected chi connectivity index (χ0v) is 13.3. The van der Waals surface area contributed by atoms with Crippen LogP contribution < -0.4 is 5.32 Å². The molecule has 112 valence electrons. The Hall–Kier alpha value is -0.750. The molecular weight excluding hydrogens is 298 g/mol. The van der Waals surface area contributed by atoms with Crippen molar-refractivity contribution >= 4 is 29.3 Å². The number of halogens is 1. The molecule has 0 aliphatic rings. The SMILES string of the molecule is COCCC(C)(O)CNC(=O)CSc1ccccc1Cl. The average molecular weight is 318 g/mol. The van der Waals surface area contributed by atoms with Crippen LogP contribution in [0.1, 0.15) is 13.3 Å². The molecule has 1 rings (SSSR count). The van der Waals surface area contributed by atoms with E-state index in [0.717, 1.165) is 4.90 Å². The number of thioether (sulfide) groups is 1. The normalized spacial score (nSPS) is 13.8. The molecule has 1 aromatic rings. The number of carbonyl (C=O) groups excluding carboxylic acids is 1. The average Bonchev–Trinajstić information content (AvgIpc) is 2.42. The van der Waals surface area contributed by atoms with Gasteiger partial charge in [0.1, 0.15) is 0 Å². The van der Waals surface area contributed by atoms with Crippen LogP contribution in [-0.2, 0) is 9.53 Å². The molecule has 1 unspecified atom stereocenters. The molecule has 0 aromatic heterocycles. The van der Waals surface area contributed by atoms with Gasteiger partial charge in [-0.25, -0.2) is 0 Å². The van der Waals surface area contributed by atoms with Gasteiger partial charge < -0.3 is 15.2 Å². The van der Waals surface area contributed by atoms with Crippen LogP contribution in [0, 0.1) is 0 Å². The number of aliphatic hydroxyl groups is 1. The lowest BCUT2D eigenvalue weighted by molar-refractivity contribution is -0.119. The van der Waals surface area contributed by atoms with Crippen LogP contribution in [0.4, 0.5) is 0 Å². The van der Waals surface area contributed by atoms with E-state index < -0.39 is 5.60 Å². The number of carbonyl (C=O) groups is 1. The molecule has 20 heavy (non-hydrogen) atoms. The van der Waals surface area contributed by atoms with Crippen LogP contribution in [0.15, 0.2) is 29.2 Å². The molecule has 0 bridgehead atoms. The highest BCUT2D eigenvalue weighted by atomic mass is 35.5. The fourth-order valence-corrected chi connectivity index (χ4v) is 2.52. The van der Waals surface area contributed by atoms with Gasteiger partial charge in [-0.1, -0.05) is 23.7 Å². The van der Waals surface area contributed by atoms with Crippen molar-refractivity contribution in [2.45, 2.75) is 23.8 Å². The van der Waals surface area contributed by atoms with Gasteiger partial charge in [-0.15, -0.1) is 11.8 Å². The van der Waals surface area contributed by atoms with E-state index in [2.05, 4.69) is 5.32 Å². The van der Waals surface area contributed by atoms with Crippen molar-refractivity contribution in [2.24, 2.45) is 0 Å². The molecule has 0 aliphatic carbocycles. The molecular formula is C14H20ClNO3S. The fourth-order valence-electron chi connectivity index (χ4n) is 1.46. The predicted octanol–water partition coefficient (Wildman–Crippen LogP) is 2.34. The number of hydrogen-bond donors (Lipinski definition) is 2. The molecule has 0 saturated heterocycles. The number of nitrogens with one attached hydrogen (secondary N) is 1. The van der Waals surface area contributed by atoms with Crippen molar-refractivity contribution in [2.75, 3.05) is 26.0 Å². The number of benzene rings is 1. The second kappa shape index (κ2) is 8.52. The maximum Gasteiger partial charge on any atom is 0.230 e. The highest BCUT2D eigenvalue weighted by Gasteiger charge is 2.20. The van der Waals surface area contributed by atoms with Gasteiger partial charge in [-0.2, -0.15) is 0 Å². The van der Waals surface area contributed by atoms with E-state index in [1.807, 2.05) is 18.2 Å². The zero-order valence-electron chi connectivity index (χ0n) is 11.7. The number of hydrogen-bond acceptors (Lipinski definition) is 4. The molecule has 0 radical (unpaired) electrons. The van der Waals surface area contributed by atoms with Gasteiger partial charge in [0.25, 0.3) is 0 Å². The summed E-state index contributed by atoms with van der Waals surface area (Å²) in [6, 6.07) is 7.38. The number of rotatable bonds is 8. The van der Waals surface area contributed by atoms with Gasteiger partial charge in [0, 0.05) is 31.6 Å². The minimum atomic E-state index is -0.958. The highest BCUT2D eigenvalue weighted by molar-refractivity contribution is 8.00. The van der Waals surface area contributed by atoms with Crippen molar-refractivity contribution < 1.29 is 14.6 Å². The van der Waals surface area contributed by atoms with Crippen molar-refractivity contribution in [3.8, 4) is 0 Å². The Morgan fingerprint density at radius 3 is 2.85 bits per heavy atom. The van der Waals surface area contributed by atoms with E-state index in [1.54, 1.807) is 20.1 Å². The maximum absolute atomic E-state index is 11.7. The molecule has 6 heteroatoms. The van der Waals surface area contributed by atoms with E-state index in [1.165, 1.54) is 11.8 Å². The van der Waals surface area contributed by atoms with Gasteiger partial charge in [-0.05, 0) is 19.1 Å². The summed E-state index contributed by atoms with van der Waals surface area (Å²) in [6.07, 6.45) is 0.474. The first kappa shape index (κ1) is 17.3. The zero-order chi connectivity index (χ0) is 15.0. The van der Waals surface area contributed by atoms with Gasteiger partial charge in [0.05, 0.1) is 16.4 Å². The summed E-state index contributed by atoms with van der Waals surface area (Å²) < 4.78 is 4.91. The lowest BCUT2D eigenvalue weighted by Gasteiger charge is -2.23. The topological polar surface area (TPSA) is 58.6 Å². The summed E-state index contributed by atoms with van der Waals surface area (Å²) in [5, 5.41) is 13.4. The summed E-state index contributed by atoms with van der Waals surface area (Å²) in [7, 11) is 1.58. The van der Waals surface area contributed by atoms with Crippen LogP contribution in [0.25, 0.3) is 0 Å². The first-order valence-corrected chi connectivity index (χ1v) is 7.66.